The maximum Gasteiger partial charge on any atom is 0.261 e. The number of hydrogen-bond acceptors (Lipinski definition) is 5. The van der Waals surface area contributed by atoms with E-state index in [1.807, 2.05) is 18.5 Å². The predicted molar refractivity (Wildman–Crippen MR) is 97.2 cm³/mol. The van der Waals surface area contributed by atoms with Gasteiger partial charge in [-0.15, -0.1) is 0 Å². The molecule has 3 aromatic heterocycles. The third-order valence-electron chi connectivity index (χ3n) is 4.34. The lowest BCUT2D eigenvalue weighted by atomic mass is 10.1. The minimum Gasteiger partial charge on any atom is -0.321 e. The van der Waals surface area contributed by atoms with Crippen LogP contribution in [0.3, 0.4) is 0 Å². The van der Waals surface area contributed by atoms with Gasteiger partial charge in [0, 0.05) is 17.6 Å². The van der Waals surface area contributed by atoms with Crippen LogP contribution < -0.4 is 10.2 Å². The molecule has 0 aliphatic carbocycles. The van der Waals surface area contributed by atoms with Crippen LogP contribution in [0.5, 0.6) is 0 Å². The first-order chi connectivity index (χ1) is 12.5. The molecule has 0 saturated carbocycles. The number of nitrogens with one attached hydrogen (secondary N) is 1. The summed E-state index contributed by atoms with van der Waals surface area (Å²) in [5.74, 6) is -0.114. The zero-order valence-corrected chi connectivity index (χ0v) is 14.7. The van der Waals surface area contributed by atoms with E-state index in [1.165, 1.54) is 4.90 Å². The van der Waals surface area contributed by atoms with Gasteiger partial charge in [0.15, 0.2) is 11.5 Å². The van der Waals surface area contributed by atoms with Crippen molar-refractivity contribution in [2.45, 2.75) is 26.8 Å². The Balaban J connectivity index is 1.80. The Morgan fingerprint density at radius 3 is 2.92 bits per heavy atom. The molecule has 0 bridgehead atoms. The van der Waals surface area contributed by atoms with E-state index >= 15 is 0 Å². The zero-order valence-electron chi connectivity index (χ0n) is 14.7. The van der Waals surface area contributed by atoms with Gasteiger partial charge in [0.1, 0.15) is 6.54 Å². The van der Waals surface area contributed by atoms with Crippen LogP contribution in [0.1, 0.15) is 35.9 Å². The molecule has 0 atom stereocenters. The maximum absolute atomic E-state index is 13.2. The Kier molecular flexibility index (Phi) is 3.68. The molecular formula is C18H18N6O2. The van der Waals surface area contributed by atoms with Gasteiger partial charge in [-0.1, -0.05) is 0 Å². The highest BCUT2D eigenvalue weighted by atomic mass is 16.2. The van der Waals surface area contributed by atoms with E-state index in [0.29, 0.717) is 22.8 Å². The van der Waals surface area contributed by atoms with Crippen molar-refractivity contribution < 1.29 is 9.59 Å². The monoisotopic (exact) mass is 350 g/mol. The van der Waals surface area contributed by atoms with Gasteiger partial charge >= 0.3 is 0 Å². The van der Waals surface area contributed by atoms with Crippen molar-refractivity contribution in [3.05, 3.63) is 41.9 Å². The van der Waals surface area contributed by atoms with E-state index in [4.69, 9.17) is 0 Å². The number of carbonyl (C=O) groups is 2. The van der Waals surface area contributed by atoms with Crippen LogP contribution in [0.25, 0.3) is 11.0 Å². The summed E-state index contributed by atoms with van der Waals surface area (Å²) in [5, 5.41) is 7.87. The Labute approximate surface area is 149 Å². The summed E-state index contributed by atoms with van der Waals surface area (Å²) in [7, 11) is 0. The van der Waals surface area contributed by atoms with Crippen LogP contribution in [0.15, 0.2) is 30.6 Å². The van der Waals surface area contributed by atoms with Gasteiger partial charge < -0.3 is 5.32 Å². The molecule has 8 heteroatoms. The summed E-state index contributed by atoms with van der Waals surface area (Å²) in [6, 6.07) is 5.39. The molecule has 4 heterocycles. The predicted octanol–water partition coefficient (Wildman–Crippen LogP) is 2.31. The Hall–Kier alpha value is -3.29. The third-order valence-corrected chi connectivity index (χ3v) is 4.34. The smallest absolute Gasteiger partial charge is 0.261 e. The van der Waals surface area contributed by atoms with E-state index in [2.05, 4.69) is 20.4 Å². The Bertz CT molecular complexity index is 1040. The summed E-state index contributed by atoms with van der Waals surface area (Å²) < 4.78 is 1.82. The summed E-state index contributed by atoms with van der Waals surface area (Å²) in [4.78, 5) is 35.4. The minimum absolute atomic E-state index is 0.0778. The number of amides is 2. The largest absolute Gasteiger partial charge is 0.321 e. The van der Waals surface area contributed by atoms with Crippen molar-refractivity contribution in [1.82, 2.24) is 19.7 Å². The molecule has 26 heavy (non-hydrogen) atoms. The second kappa shape index (κ2) is 5.91. The minimum atomic E-state index is -0.302. The summed E-state index contributed by atoms with van der Waals surface area (Å²) in [6.07, 6.45) is 3.30. The van der Waals surface area contributed by atoms with Crippen molar-refractivity contribution >= 4 is 34.4 Å². The van der Waals surface area contributed by atoms with E-state index in [0.717, 1.165) is 11.0 Å². The number of nitrogens with zero attached hydrogens (tertiary/aromatic N) is 5. The first kappa shape index (κ1) is 16.2. The number of anilines is 2. The van der Waals surface area contributed by atoms with Crippen molar-refractivity contribution in [2.24, 2.45) is 0 Å². The Morgan fingerprint density at radius 2 is 2.15 bits per heavy atom. The van der Waals surface area contributed by atoms with Crippen LogP contribution in [-0.2, 0) is 4.79 Å². The number of fused-ring (bicyclic) bond motifs is 2. The van der Waals surface area contributed by atoms with E-state index in [9.17, 15) is 9.59 Å². The molecule has 3 aromatic rings. The maximum atomic E-state index is 13.2. The molecule has 0 spiro atoms. The van der Waals surface area contributed by atoms with Gasteiger partial charge in [-0.05, 0) is 39.0 Å². The molecule has 1 N–H and O–H groups in total. The molecule has 2 amide bonds. The Morgan fingerprint density at radius 1 is 1.35 bits per heavy atom. The van der Waals surface area contributed by atoms with Crippen LogP contribution in [-0.4, -0.2) is 38.1 Å². The lowest BCUT2D eigenvalue weighted by Crippen LogP contribution is -2.43. The van der Waals surface area contributed by atoms with Crippen molar-refractivity contribution in [3.63, 3.8) is 0 Å². The van der Waals surface area contributed by atoms with Crippen LogP contribution in [0.4, 0.5) is 11.5 Å². The van der Waals surface area contributed by atoms with Crippen molar-refractivity contribution in [3.8, 4) is 0 Å². The fraction of sp³-hybridized carbons (Fsp3) is 0.278. The SMILES string of the molecule is Cc1nc2c(cnn2C(C)C)cc1C(=O)N1CC(=O)Nc2cccnc21. The van der Waals surface area contributed by atoms with Crippen LogP contribution in [0.2, 0.25) is 0 Å². The number of pyridine rings is 2. The molecule has 0 radical (unpaired) electrons. The molecular weight excluding hydrogens is 332 g/mol. The van der Waals surface area contributed by atoms with E-state index in [1.54, 1.807) is 37.5 Å². The van der Waals surface area contributed by atoms with Crippen LogP contribution in [0, 0.1) is 6.92 Å². The van der Waals surface area contributed by atoms with Gasteiger partial charge in [0.25, 0.3) is 5.91 Å². The van der Waals surface area contributed by atoms with Crippen molar-refractivity contribution in [1.29, 1.82) is 0 Å². The summed E-state index contributed by atoms with van der Waals surface area (Å²) in [5.41, 5.74) is 2.29. The fourth-order valence-corrected chi connectivity index (χ4v) is 3.09. The van der Waals surface area contributed by atoms with E-state index < -0.39 is 0 Å². The number of hydrogen-bond donors (Lipinski definition) is 1. The number of aromatic nitrogens is 4. The quantitative estimate of drug-likeness (QED) is 0.765. The summed E-state index contributed by atoms with van der Waals surface area (Å²) in [6.45, 7) is 5.76. The first-order valence-corrected chi connectivity index (χ1v) is 8.37. The van der Waals surface area contributed by atoms with Gasteiger partial charge in [0.2, 0.25) is 5.91 Å². The highest BCUT2D eigenvalue weighted by Crippen LogP contribution is 2.29. The van der Waals surface area contributed by atoms with Gasteiger partial charge in [-0.25, -0.2) is 14.6 Å². The lowest BCUT2D eigenvalue weighted by Gasteiger charge is -2.28. The standard InChI is InChI=1S/C18H18N6O2/c1-10(2)24-16-12(8-20-24)7-13(11(3)21-16)18(26)23-9-15(25)22-14-5-4-6-19-17(14)23/h4-8,10H,9H2,1-3H3,(H,22,25). The average Bonchev–Trinajstić information content (AvgIpc) is 3.02. The lowest BCUT2D eigenvalue weighted by molar-refractivity contribution is -0.115. The number of rotatable bonds is 2. The normalized spacial score (nSPS) is 13.8. The molecule has 0 unspecified atom stereocenters. The van der Waals surface area contributed by atoms with Crippen LogP contribution >= 0.6 is 0 Å². The topological polar surface area (TPSA) is 93.0 Å². The summed E-state index contributed by atoms with van der Waals surface area (Å²) >= 11 is 0. The molecule has 0 fully saturated rings. The second-order valence-corrected chi connectivity index (χ2v) is 6.53. The zero-order chi connectivity index (χ0) is 18.4. The number of aryl methyl sites for hydroxylation is 1. The molecule has 8 nitrogen and oxygen atoms in total. The molecule has 0 aromatic carbocycles. The highest BCUT2D eigenvalue weighted by Gasteiger charge is 2.30. The number of carbonyl (C=O) groups excluding carboxylic acids is 2. The third kappa shape index (κ3) is 2.50. The van der Waals surface area contributed by atoms with Gasteiger partial charge in [0.05, 0.1) is 23.1 Å². The second-order valence-electron chi connectivity index (χ2n) is 6.53. The highest BCUT2D eigenvalue weighted by molar-refractivity contribution is 6.15. The molecule has 1 aliphatic rings. The average molecular weight is 350 g/mol. The molecule has 132 valence electrons. The van der Waals surface area contributed by atoms with E-state index in [-0.39, 0.29) is 24.4 Å². The molecule has 0 saturated heterocycles. The molecule has 1 aliphatic heterocycles. The van der Waals surface area contributed by atoms with Gasteiger partial charge in [-0.3, -0.25) is 14.5 Å². The van der Waals surface area contributed by atoms with Gasteiger partial charge in [-0.2, -0.15) is 5.10 Å². The fourth-order valence-electron chi connectivity index (χ4n) is 3.09. The van der Waals surface area contributed by atoms with Crippen molar-refractivity contribution in [2.75, 3.05) is 16.8 Å². The first-order valence-electron chi connectivity index (χ1n) is 8.37. The molecule has 4 rings (SSSR count).